The third kappa shape index (κ3) is 5.09. The van der Waals surface area contributed by atoms with Crippen molar-refractivity contribution in [2.24, 2.45) is 0 Å². The van der Waals surface area contributed by atoms with Gasteiger partial charge in [-0.2, -0.15) is 0 Å². The van der Waals surface area contributed by atoms with Gasteiger partial charge in [-0.1, -0.05) is 12.1 Å². The van der Waals surface area contributed by atoms with Gasteiger partial charge in [-0.05, 0) is 68.3 Å². The number of esters is 1. The molecule has 0 amide bonds. The van der Waals surface area contributed by atoms with Gasteiger partial charge in [0, 0.05) is 48.7 Å². The lowest BCUT2D eigenvalue weighted by molar-refractivity contribution is -0.144. The molecule has 4 aromatic rings. The van der Waals surface area contributed by atoms with Gasteiger partial charge >= 0.3 is 5.97 Å². The number of nitrogens with one attached hydrogen (secondary N) is 2. The number of anilines is 4. The molecule has 38 heavy (non-hydrogen) atoms. The Morgan fingerprint density at radius 1 is 1.11 bits per heavy atom. The van der Waals surface area contributed by atoms with Crippen LogP contribution in [0.2, 0.25) is 0 Å². The number of aromatic nitrogens is 2. The van der Waals surface area contributed by atoms with Gasteiger partial charge in [0.15, 0.2) is 0 Å². The summed E-state index contributed by atoms with van der Waals surface area (Å²) in [7, 11) is 0. The van der Waals surface area contributed by atoms with Crippen molar-refractivity contribution in [3.8, 4) is 0 Å². The van der Waals surface area contributed by atoms with Crippen LogP contribution in [0.3, 0.4) is 0 Å². The summed E-state index contributed by atoms with van der Waals surface area (Å²) in [6.45, 7) is 4.74. The number of ether oxygens (including phenoxy) is 1. The topological polar surface area (TPSA) is 114 Å². The molecule has 0 saturated carbocycles. The first-order chi connectivity index (χ1) is 18.5. The van der Waals surface area contributed by atoms with Crippen LogP contribution in [0.1, 0.15) is 38.7 Å². The highest BCUT2D eigenvalue weighted by molar-refractivity contribution is 5.92. The molecule has 2 aromatic heterocycles. The molecule has 0 aliphatic carbocycles. The molecule has 1 aliphatic rings. The molecule has 1 aliphatic heterocycles. The van der Waals surface area contributed by atoms with Crippen LogP contribution in [0.25, 0.3) is 10.8 Å². The van der Waals surface area contributed by atoms with E-state index < -0.39 is 22.9 Å². The van der Waals surface area contributed by atoms with Crippen molar-refractivity contribution in [2.45, 2.75) is 51.6 Å². The summed E-state index contributed by atoms with van der Waals surface area (Å²) in [5.74, 6) is 0.238. The van der Waals surface area contributed by atoms with E-state index in [1.54, 1.807) is 25.5 Å². The van der Waals surface area contributed by atoms with Crippen LogP contribution in [0.15, 0.2) is 64.6 Å². The van der Waals surface area contributed by atoms with Crippen molar-refractivity contribution in [1.82, 2.24) is 9.97 Å². The molecule has 2 aromatic carbocycles. The van der Waals surface area contributed by atoms with Gasteiger partial charge in [0.1, 0.15) is 23.2 Å². The summed E-state index contributed by atoms with van der Waals surface area (Å²) < 4.78 is 5.29. The molecular formula is C29H31N5O4. The number of carbonyl (C=O) groups is 1. The predicted molar refractivity (Wildman–Crippen MR) is 149 cm³/mol. The van der Waals surface area contributed by atoms with E-state index in [-0.39, 0.29) is 18.3 Å². The highest BCUT2D eigenvalue weighted by Gasteiger charge is 2.33. The quantitative estimate of drug-likeness (QED) is 0.254. The van der Waals surface area contributed by atoms with Crippen molar-refractivity contribution in [1.29, 1.82) is 0 Å². The maximum absolute atomic E-state index is 12.8. The van der Waals surface area contributed by atoms with Crippen molar-refractivity contribution in [2.75, 3.05) is 28.7 Å². The molecule has 196 valence electrons. The number of carbonyl (C=O) groups excluding carboxylic acids is 1. The Kier molecular flexibility index (Phi) is 7.35. The number of piperidine rings is 1. The van der Waals surface area contributed by atoms with Crippen molar-refractivity contribution < 1.29 is 9.53 Å². The summed E-state index contributed by atoms with van der Waals surface area (Å²) in [6.07, 6.45) is 8.58. The van der Waals surface area contributed by atoms with Crippen LogP contribution in [-0.4, -0.2) is 41.2 Å². The molecule has 2 N–H and O–H groups in total. The molecular weight excluding hydrogens is 482 g/mol. The van der Waals surface area contributed by atoms with E-state index in [1.807, 2.05) is 41.3 Å². The molecule has 9 heteroatoms. The fraction of sp³-hybridized carbons (Fsp3) is 0.345. The fourth-order valence-corrected chi connectivity index (χ4v) is 5.03. The average Bonchev–Trinajstić information content (AvgIpc) is 2.94. The summed E-state index contributed by atoms with van der Waals surface area (Å²) in [4.78, 5) is 48.5. The molecule has 1 unspecified atom stereocenters. The number of rotatable bonds is 9. The van der Waals surface area contributed by atoms with E-state index in [0.29, 0.717) is 17.9 Å². The largest absolute Gasteiger partial charge is 0.464 e. The van der Waals surface area contributed by atoms with E-state index in [9.17, 15) is 14.4 Å². The van der Waals surface area contributed by atoms with Crippen LogP contribution in [0.4, 0.5) is 22.9 Å². The molecule has 0 bridgehead atoms. The molecule has 1 fully saturated rings. The van der Waals surface area contributed by atoms with E-state index in [2.05, 4.69) is 27.5 Å². The SMILES string of the molecule is CCOC(=O)C(Cc1ccc(Nc2nccc3ccncc23)cc1)Nc1c(N2CCCC[C@@H]2C)c(=O)c1=O. The fourth-order valence-electron chi connectivity index (χ4n) is 5.03. The second kappa shape index (κ2) is 11.0. The van der Waals surface area contributed by atoms with Gasteiger partial charge < -0.3 is 20.3 Å². The average molecular weight is 514 g/mol. The number of nitrogens with zero attached hydrogens (tertiary/aromatic N) is 3. The second-order valence-corrected chi connectivity index (χ2v) is 9.65. The smallest absolute Gasteiger partial charge is 0.328 e. The van der Waals surface area contributed by atoms with Gasteiger partial charge in [-0.3, -0.25) is 14.6 Å². The van der Waals surface area contributed by atoms with E-state index in [0.717, 1.165) is 47.8 Å². The van der Waals surface area contributed by atoms with Gasteiger partial charge in [-0.25, -0.2) is 9.78 Å². The third-order valence-corrected chi connectivity index (χ3v) is 7.09. The zero-order chi connectivity index (χ0) is 26.6. The Morgan fingerprint density at radius 3 is 2.66 bits per heavy atom. The summed E-state index contributed by atoms with van der Waals surface area (Å²) in [5, 5.41) is 8.34. The van der Waals surface area contributed by atoms with Gasteiger partial charge in [0.25, 0.3) is 10.9 Å². The molecule has 5 rings (SSSR count). The van der Waals surface area contributed by atoms with Gasteiger partial charge in [0.05, 0.1) is 6.61 Å². The lowest BCUT2D eigenvalue weighted by atomic mass is 9.99. The lowest BCUT2D eigenvalue weighted by Gasteiger charge is -2.37. The third-order valence-electron chi connectivity index (χ3n) is 7.09. The van der Waals surface area contributed by atoms with Crippen LogP contribution >= 0.6 is 0 Å². The highest BCUT2D eigenvalue weighted by Crippen LogP contribution is 2.29. The first kappa shape index (κ1) is 25.4. The van der Waals surface area contributed by atoms with Crippen molar-refractivity contribution in [3.05, 3.63) is 81.0 Å². The molecule has 2 atom stereocenters. The summed E-state index contributed by atoms with van der Waals surface area (Å²) >= 11 is 0. The van der Waals surface area contributed by atoms with Gasteiger partial charge in [-0.15, -0.1) is 0 Å². The molecule has 0 radical (unpaired) electrons. The van der Waals surface area contributed by atoms with Crippen LogP contribution in [0.5, 0.6) is 0 Å². The van der Waals surface area contributed by atoms with E-state index in [1.165, 1.54) is 0 Å². The minimum atomic E-state index is -0.804. The zero-order valence-electron chi connectivity index (χ0n) is 21.6. The number of hydrogen-bond acceptors (Lipinski definition) is 9. The maximum atomic E-state index is 12.8. The maximum Gasteiger partial charge on any atom is 0.328 e. The Balaban J connectivity index is 1.34. The summed E-state index contributed by atoms with van der Waals surface area (Å²) in [6, 6.07) is 10.9. The normalized spacial score (nSPS) is 16.4. The second-order valence-electron chi connectivity index (χ2n) is 9.65. The predicted octanol–water partition coefficient (Wildman–Crippen LogP) is 3.93. The summed E-state index contributed by atoms with van der Waals surface area (Å²) in [5.41, 5.74) is 1.26. The number of fused-ring (bicyclic) bond motifs is 1. The lowest BCUT2D eigenvalue weighted by Crippen LogP contribution is -2.49. The first-order valence-electron chi connectivity index (χ1n) is 13.0. The van der Waals surface area contributed by atoms with Gasteiger partial charge in [0.2, 0.25) is 0 Å². The molecule has 1 saturated heterocycles. The Labute approximate surface area is 220 Å². The van der Waals surface area contributed by atoms with E-state index >= 15 is 0 Å². The monoisotopic (exact) mass is 513 g/mol. The van der Waals surface area contributed by atoms with Crippen molar-refractivity contribution >= 4 is 39.6 Å². The van der Waals surface area contributed by atoms with Crippen LogP contribution in [0, 0.1) is 0 Å². The molecule has 9 nitrogen and oxygen atoms in total. The highest BCUT2D eigenvalue weighted by atomic mass is 16.5. The van der Waals surface area contributed by atoms with Crippen molar-refractivity contribution in [3.63, 3.8) is 0 Å². The number of hydrogen-bond donors (Lipinski definition) is 2. The molecule has 0 spiro atoms. The zero-order valence-corrected chi connectivity index (χ0v) is 21.6. The molecule has 3 heterocycles. The Bertz CT molecular complexity index is 1500. The van der Waals surface area contributed by atoms with E-state index in [4.69, 9.17) is 4.74 Å². The first-order valence-corrected chi connectivity index (χ1v) is 13.0. The van der Waals surface area contributed by atoms with Crippen LogP contribution < -0.4 is 26.4 Å². The Hall–Kier alpha value is -4.27. The number of pyridine rings is 2. The number of benzene rings is 1. The van der Waals surface area contributed by atoms with Crippen LogP contribution in [-0.2, 0) is 16.0 Å². The minimum absolute atomic E-state index is 0.167. The standard InChI is InChI=1S/C29H31N5O4/c1-3-38-29(37)23(33-24-25(27(36)26(24)35)34-15-5-4-6-18(34)2)16-19-7-9-21(10-8-19)32-28-22-17-30-13-11-20(22)12-14-31-28/h7-14,17-18,23,33H,3-6,15-16H2,1-2H3,(H,31,32)/t18-,23?/m0/s1. The minimum Gasteiger partial charge on any atom is -0.464 e. The Morgan fingerprint density at radius 2 is 1.89 bits per heavy atom.